The van der Waals surface area contributed by atoms with Gasteiger partial charge in [0.05, 0.1) is 36.9 Å². The van der Waals surface area contributed by atoms with Crippen molar-refractivity contribution >= 4 is 27.4 Å². The zero-order valence-corrected chi connectivity index (χ0v) is 15.0. The van der Waals surface area contributed by atoms with Gasteiger partial charge in [0.15, 0.2) is 5.78 Å². The molecule has 2 heterocycles. The van der Waals surface area contributed by atoms with E-state index in [1.807, 2.05) is 5.32 Å². The first kappa shape index (κ1) is 20.4. The van der Waals surface area contributed by atoms with Gasteiger partial charge >= 0.3 is 6.43 Å². The van der Waals surface area contributed by atoms with Crippen LogP contribution in [0, 0.1) is 0 Å². The number of carbonyl (C=O) groups is 2. The summed E-state index contributed by atoms with van der Waals surface area (Å²) in [5.74, 6) is -2.14. The summed E-state index contributed by atoms with van der Waals surface area (Å²) < 4.78 is 49.4. The largest absolute Gasteiger partial charge is 0.344 e. The average Bonchev–Trinajstić information content (AvgIpc) is 2.64. The van der Waals surface area contributed by atoms with Crippen molar-refractivity contribution in [3.05, 3.63) is 54.1 Å². The summed E-state index contributed by atoms with van der Waals surface area (Å²) in [7, 11) is -3.60. The number of ketones is 1. The van der Waals surface area contributed by atoms with E-state index in [1.54, 1.807) is 12.1 Å². The summed E-state index contributed by atoms with van der Waals surface area (Å²) in [5, 5.41) is 1.81. The zero-order valence-electron chi connectivity index (χ0n) is 14.2. The molecular formula is C16H16F2N4O4S. The molecule has 0 aliphatic heterocycles. The van der Waals surface area contributed by atoms with Crippen LogP contribution in [0.1, 0.15) is 16.1 Å². The fourth-order valence-corrected chi connectivity index (χ4v) is 2.94. The van der Waals surface area contributed by atoms with Gasteiger partial charge in [-0.15, -0.1) is 0 Å². The number of hydrogen-bond acceptors (Lipinski definition) is 6. The monoisotopic (exact) mass is 398 g/mol. The Morgan fingerprint density at radius 3 is 2.48 bits per heavy atom. The molecule has 27 heavy (non-hydrogen) atoms. The Bertz CT molecular complexity index is 906. The van der Waals surface area contributed by atoms with Crippen LogP contribution < -0.4 is 9.62 Å². The Morgan fingerprint density at radius 1 is 1.22 bits per heavy atom. The van der Waals surface area contributed by atoms with Gasteiger partial charge in [0, 0.05) is 18.0 Å². The number of nitrogens with zero attached hydrogens (tertiary/aromatic N) is 3. The van der Waals surface area contributed by atoms with Crippen LogP contribution in [0.25, 0.3) is 0 Å². The van der Waals surface area contributed by atoms with Crippen LogP contribution in [-0.2, 0) is 21.4 Å². The Morgan fingerprint density at radius 2 is 1.96 bits per heavy atom. The van der Waals surface area contributed by atoms with Crippen molar-refractivity contribution in [2.45, 2.75) is 13.0 Å². The number of nitrogens with one attached hydrogen (secondary N) is 1. The maximum Gasteiger partial charge on any atom is 0.315 e. The van der Waals surface area contributed by atoms with Crippen LogP contribution in [0.2, 0.25) is 0 Å². The molecule has 0 radical (unpaired) electrons. The number of halogens is 2. The predicted molar refractivity (Wildman–Crippen MR) is 92.8 cm³/mol. The highest BCUT2D eigenvalue weighted by Crippen LogP contribution is 2.18. The summed E-state index contributed by atoms with van der Waals surface area (Å²) in [4.78, 5) is 30.6. The number of alkyl halides is 2. The minimum absolute atomic E-state index is 0.0822. The van der Waals surface area contributed by atoms with Crippen LogP contribution in [0.15, 0.2) is 42.9 Å². The number of carbonyl (C=O) groups excluding carboxylic acids is 2. The third kappa shape index (κ3) is 5.78. The molecule has 144 valence electrons. The molecular weight excluding hydrogens is 382 g/mol. The average molecular weight is 398 g/mol. The number of anilines is 1. The van der Waals surface area contributed by atoms with E-state index < -0.39 is 34.7 Å². The highest BCUT2D eigenvalue weighted by Gasteiger charge is 2.19. The zero-order chi connectivity index (χ0) is 20.0. The second kappa shape index (κ2) is 8.62. The van der Waals surface area contributed by atoms with Crippen molar-refractivity contribution in [1.82, 2.24) is 15.3 Å². The smallest absolute Gasteiger partial charge is 0.315 e. The normalized spacial score (nSPS) is 11.3. The summed E-state index contributed by atoms with van der Waals surface area (Å²) in [5.41, 5.74) is 0.815. The van der Waals surface area contributed by atoms with Gasteiger partial charge in [-0.05, 0) is 24.3 Å². The lowest BCUT2D eigenvalue weighted by molar-refractivity contribution is -0.131. The molecule has 0 aliphatic carbocycles. The number of sulfonamides is 1. The second-order valence-electron chi connectivity index (χ2n) is 5.46. The maximum absolute atomic E-state index is 12.1. The number of aromatic nitrogens is 2. The molecule has 0 aromatic carbocycles. The van der Waals surface area contributed by atoms with E-state index >= 15 is 0 Å². The van der Waals surface area contributed by atoms with Crippen molar-refractivity contribution in [2.75, 3.05) is 17.1 Å². The lowest BCUT2D eigenvalue weighted by Crippen LogP contribution is -2.34. The molecule has 0 saturated carbocycles. The molecule has 0 unspecified atom stereocenters. The highest BCUT2D eigenvalue weighted by molar-refractivity contribution is 7.92. The van der Waals surface area contributed by atoms with Crippen LogP contribution in [0.5, 0.6) is 0 Å². The molecule has 11 heteroatoms. The molecule has 1 N–H and O–H groups in total. The van der Waals surface area contributed by atoms with Gasteiger partial charge in [-0.25, -0.2) is 8.42 Å². The summed E-state index contributed by atoms with van der Waals surface area (Å²) in [6.07, 6.45) is 1.94. The van der Waals surface area contributed by atoms with E-state index in [1.165, 1.54) is 30.7 Å². The van der Waals surface area contributed by atoms with Gasteiger partial charge in [-0.3, -0.25) is 23.9 Å². The van der Waals surface area contributed by atoms with E-state index in [-0.39, 0.29) is 12.1 Å². The second-order valence-corrected chi connectivity index (χ2v) is 7.37. The van der Waals surface area contributed by atoms with Gasteiger partial charge in [0.2, 0.25) is 10.0 Å². The predicted octanol–water partition coefficient (Wildman–Crippen LogP) is 1.01. The molecule has 0 aliphatic rings. The fourth-order valence-electron chi connectivity index (χ4n) is 2.08. The lowest BCUT2D eigenvalue weighted by Gasteiger charge is -2.21. The van der Waals surface area contributed by atoms with Crippen molar-refractivity contribution < 1.29 is 26.8 Å². The van der Waals surface area contributed by atoms with Gasteiger partial charge < -0.3 is 5.32 Å². The van der Waals surface area contributed by atoms with Crippen molar-refractivity contribution in [2.24, 2.45) is 0 Å². The van der Waals surface area contributed by atoms with Crippen molar-refractivity contribution in [3.63, 3.8) is 0 Å². The minimum Gasteiger partial charge on any atom is -0.344 e. The molecule has 0 saturated heterocycles. The number of Topliss-reactive ketones (excluding diaryl/α,β-unsaturated/α-hetero) is 1. The van der Waals surface area contributed by atoms with Crippen LogP contribution in [-0.4, -0.2) is 49.3 Å². The van der Waals surface area contributed by atoms with Crippen LogP contribution >= 0.6 is 0 Å². The minimum atomic E-state index is -3.60. The van der Waals surface area contributed by atoms with E-state index in [2.05, 4.69) is 9.97 Å². The van der Waals surface area contributed by atoms with E-state index in [0.29, 0.717) is 11.4 Å². The Hall–Kier alpha value is -2.95. The summed E-state index contributed by atoms with van der Waals surface area (Å²) in [6, 6.07) is 5.99. The number of rotatable bonds is 8. The number of amides is 1. The summed E-state index contributed by atoms with van der Waals surface area (Å²) >= 11 is 0. The first-order chi connectivity index (χ1) is 12.7. The third-order valence-corrected chi connectivity index (χ3v) is 4.55. The highest BCUT2D eigenvalue weighted by atomic mass is 32.2. The van der Waals surface area contributed by atoms with Gasteiger partial charge in [-0.2, -0.15) is 8.78 Å². The van der Waals surface area contributed by atoms with Gasteiger partial charge in [-0.1, -0.05) is 0 Å². The molecule has 8 nitrogen and oxygen atoms in total. The van der Waals surface area contributed by atoms with E-state index in [4.69, 9.17) is 0 Å². The Kier molecular flexibility index (Phi) is 6.50. The molecule has 0 atom stereocenters. The quantitative estimate of drug-likeness (QED) is 0.665. The lowest BCUT2D eigenvalue weighted by atomic mass is 10.1. The van der Waals surface area contributed by atoms with Crippen molar-refractivity contribution in [1.29, 1.82) is 0 Å². The van der Waals surface area contributed by atoms with E-state index in [9.17, 15) is 26.8 Å². The van der Waals surface area contributed by atoms with Gasteiger partial charge in [0.1, 0.15) is 0 Å². The van der Waals surface area contributed by atoms with Gasteiger partial charge in [0.25, 0.3) is 5.91 Å². The first-order valence-corrected chi connectivity index (χ1v) is 9.45. The third-order valence-electron chi connectivity index (χ3n) is 3.41. The molecule has 2 aromatic rings. The Balaban J connectivity index is 2.10. The molecule has 0 fully saturated rings. The molecule has 2 rings (SSSR count). The molecule has 1 amide bonds. The standard InChI is InChI=1S/C16H16F2N4O4S/c1-27(25,26)22(13-3-2-6-19-8-13)10-12-5-4-11(7-20-12)14(23)9-21-16(24)15(17)18/h2-8,15H,9-10H2,1H3,(H,21,24). The topological polar surface area (TPSA) is 109 Å². The fraction of sp³-hybridized carbons (Fsp3) is 0.250. The molecule has 2 aromatic heterocycles. The molecule has 0 bridgehead atoms. The van der Waals surface area contributed by atoms with Crippen LogP contribution in [0.4, 0.5) is 14.5 Å². The molecule has 0 spiro atoms. The van der Waals surface area contributed by atoms with Crippen molar-refractivity contribution in [3.8, 4) is 0 Å². The van der Waals surface area contributed by atoms with E-state index in [0.717, 1.165) is 10.6 Å². The SMILES string of the molecule is CS(=O)(=O)N(Cc1ccc(C(=O)CNC(=O)C(F)F)cn1)c1cccnc1. The Labute approximate surface area is 154 Å². The van der Waals surface area contributed by atoms with Crippen LogP contribution in [0.3, 0.4) is 0 Å². The number of hydrogen-bond donors (Lipinski definition) is 1. The number of pyridine rings is 2. The first-order valence-electron chi connectivity index (χ1n) is 7.60. The maximum atomic E-state index is 12.1. The summed E-state index contributed by atoms with van der Waals surface area (Å²) in [6.45, 7) is -0.670.